The van der Waals surface area contributed by atoms with Crippen LogP contribution in [-0.4, -0.2) is 16.2 Å². The zero-order valence-electron chi connectivity index (χ0n) is 13.0. The van der Waals surface area contributed by atoms with Crippen LogP contribution in [0, 0.1) is 0 Å². The molecule has 0 unspecified atom stereocenters. The van der Waals surface area contributed by atoms with E-state index in [0.717, 1.165) is 16.7 Å². The van der Waals surface area contributed by atoms with Crippen molar-refractivity contribution >= 4 is 0 Å². The Hall–Kier alpha value is -1.71. The molecule has 1 aliphatic rings. The van der Waals surface area contributed by atoms with E-state index in [9.17, 15) is 0 Å². The Balaban J connectivity index is 1.83. The fourth-order valence-electron chi connectivity index (χ4n) is 2.36. The number of benzene rings is 1. The summed E-state index contributed by atoms with van der Waals surface area (Å²) < 4.78 is 12.1. The van der Waals surface area contributed by atoms with E-state index in [0.29, 0.717) is 0 Å². The van der Waals surface area contributed by atoms with E-state index in [-0.39, 0.29) is 17.5 Å². The van der Waals surface area contributed by atoms with Gasteiger partial charge in [0, 0.05) is 18.0 Å². The van der Waals surface area contributed by atoms with Gasteiger partial charge in [-0.25, -0.2) is 0 Å². The van der Waals surface area contributed by atoms with Crippen LogP contribution < -0.4 is 0 Å². The minimum Gasteiger partial charge on any atom is -0.339 e. The van der Waals surface area contributed by atoms with Crippen LogP contribution in [0.5, 0.6) is 0 Å². The van der Waals surface area contributed by atoms with Crippen molar-refractivity contribution in [3.63, 3.8) is 0 Å². The second-order valence-corrected chi connectivity index (χ2v) is 6.45. The fourth-order valence-corrected chi connectivity index (χ4v) is 2.36. The average molecular weight is 283 g/mol. The Labute approximate surface area is 125 Å². The van der Waals surface area contributed by atoms with Crippen molar-refractivity contribution in [2.24, 2.45) is 0 Å². The van der Waals surface area contributed by atoms with Crippen molar-refractivity contribution in [3.8, 4) is 11.1 Å². The fraction of sp³-hybridized carbons (Fsp3) is 0.389. The van der Waals surface area contributed by atoms with Gasteiger partial charge in [0.25, 0.3) is 0 Å². The van der Waals surface area contributed by atoms with Gasteiger partial charge in [0.15, 0.2) is 6.29 Å². The van der Waals surface area contributed by atoms with E-state index in [2.05, 4.69) is 56.9 Å². The molecule has 0 aliphatic carbocycles. The van der Waals surface area contributed by atoms with Crippen LogP contribution in [0.25, 0.3) is 11.1 Å². The molecule has 2 heterocycles. The minimum absolute atomic E-state index is 0.304. The van der Waals surface area contributed by atoms with E-state index in [1.165, 1.54) is 0 Å². The predicted molar refractivity (Wildman–Crippen MR) is 82.7 cm³/mol. The third kappa shape index (κ3) is 2.59. The van der Waals surface area contributed by atoms with Crippen molar-refractivity contribution in [1.29, 1.82) is 0 Å². The second-order valence-electron chi connectivity index (χ2n) is 6.45. The molecule has 1 saturated heterocycles. The van der Waals surface area contributed by atoms with Crippen molar-refractivity contribution in [2.75, 3.05) is 0 Å². The highest BCUT2D eigenvalue weighted by atomic mass is 16.7. The summed E-state index contributed by atoms with van der Waals surface area (Å²) in [6.45, 7) is 8.27. The van der Waals surface area contributed by atoms with E-state index >= 15 is 0 Å². The van der Waals surface area contributed by atoms with Gasteiger partial charge in [-0.3, -0.25) is 4.98 Å². The Kier molecular flexibility index (Phi) is 3.34. The first-order chi connectivity index (χ1) is 9.89. The van der Waals surface area contributed by atoms with Crippen molar-refractivity contribution in [2.45, 2.75) is 45.2 Å². The van der Waals surface area contributed by atoms with Crippen LogP contribution in [0.2, 0.25) is 0 Å². The van der Waals surface area contributed by atoms with Gasteiger partial charge in [-0.05, 0) is 51.0 Å². The van der Waals surface area contributed by atoms with Gasteiger partial charge in [0.2, 0.25) is 0 Å². The number of pyridine rings is 1. The lowest BCUT2D eigenvalue weighted by Gasteiger charge is -2.30. The van der Waals surface area contributed by atoms with Gasteiger partial charge in [0.1, 0.15) is 0 Å². The standard InChI is InChI=1S/C18H21NO2/c1-17(2)18(3,4)21-16(20-17)15-7-5-13(6-8-15)14-9-11-19-12-10-14/h5-12,16H,1-4H3. The molecule has 1 aromatic heterocycles. The largest absolute Gasteiger partial charge is 0.339 e. The summed E-state index contributed by atoms with van der Waals surface area (Å²) in [5.41, 5.74) is 2.76. The third-order valence-electron chi connectivity index (χ3n) is 4.45. The SMILES string of the molecule is CC1(C)OC(c2ccc(-c3ccncc3)cc2)OC1(C)C. The molecule has 3 rings (SSSR count). The van der Waals surface area contributed by atoms with Crippen molar-refractivity contribution < 1.29 is 9.47 Å². The topological polar surface area (TPSA) is 31.4 Å². The first-order valence-electron chi connectivity index (χ1n) is 7.25. The van der Waals surface area contributed by atoms with Gasteiger partial charge in [0.05, 0.1) is 11.2 Å². The normalized spacial score (nSPS) is 20.6. The van der Waals surface area contributed by atoms with Crippen LogP contribution in [0.1, 0.15) is 39.5 Å². The minimum atomic E-state index is -0.304. The lowest BCUT2D eigenvalue weighted by atomic mass is 9.90. The quantitative estimate of drug-likeness (QED) is 0.821. The lowest BCUT2D eigenvalue weighted by molar-refractivity contribution is -0.0895. The first-order valence-corrected chi connectivity index (χ1v) is 7.25. The molecule has 1 aliphatic heterocycles. The highest BCUT2D eigenvalue weighted by Gasteiger charge is 2.49. The maximum absolute atomic E-state index is 6.06. The zero-order valence-corrected chi connectivity index (χ0v) is 13.0. The summed E-state index contributed by atoms with van der Waals surface area (Å²) >= 11 is 0. The molecular weight excluding hydrogens is 262 g/mol. The molecule has 3 nitrogen and oxygen atoms in total. The summed E-state index contributed by atoms with van der Waals surface area (Å²) in [7, 11) is 0. The number of ether oxygens (including phenoxy) is 2. The van der Waals surface area contributed by atoms with E-state index in [4.69, 9.17) is 9.47 Å². The number of rotatable bonds is 2. The molecule has 0 N–H and O–H groups in total. The molecule has 3 heteroatoms. The maximum atomic E-state index is 6.06. The molecule has 0 atom stereocenters. The molecule has 110 valence electrons. The molecule has 21 heavy (non-hydrogen) atoms. The Morgan fingerprint density at radius 1 is 0.762 bits per heavy atom. The lowest BCUT2D eigenvalue weighted by Crippen LogP contribution is -2.41. The van der Waals surface area contributed by atoms with Gasteiger partial charge in [-0.2, -0.15) is 0 Å². The maximum Gasteiger partial charge on any atom is 0.185 e. The van der Waals surface area contributed by atoms with Crippen molar-refractivity contribution in [3.05, 3.63) is 54.4 Å². The van der Waals surface area contributed by atoms with Gasteiger partial charge in [-0.1, -0.05) is 24.3 Å². The summed E-state index contributed by atoms with van der Waals surface area (Å²) in [4.78, 5) is 4.04. The summed E-state index contributed by atoms with van der Waals surface area (Å²) in [5.74, 6) is 0. The Bertz CT molecular complexity index is 601. The number of aromatic nitrogens is 1. The molecule has 1 fully saturated rings. The number of hydrogen-bond donors (Lipinski definition) is 0. The van der Waals surface area contributed by atoms with Gasteiger partial charge < -0.3 is 9.47 Å². The van der Waals surface area contributed by atoms with Crippen molar-refractivity contribution in [1.82, 2.24) is 4.98 Å². The van der Waals surface area contributed by atoms with Gasteiger partial charge in [-0.15, -0.1) is 0 Å². The molecule has 2 aromatic rings. The molecule has 0 bridgehead atoms. The number of hydrogen-bond acceptors (Lipinski definition) is 3. The summed E-state index contributed by atoms with van der Waals surface area (Å²) in [5, 5.41) is 0. The molecule has 0 radical (unpaired) electrons. The van der Waals surface area contributed by atoms with Crippen LogP contribution in [0.3, 0.4) is 0 Å². The Morgan fingerprint density at radius 2 is 1.24 bits per heavy atom. The van der Waals surface area contributed by atoms with E-state index in [1.807, 2.05) is 12.1 Å². The smallest absolute Gasteiger partial charge is 0.185 e. The first kappa shape index (κ1) is 14.2. The predicted octanol–water partition coefficient (Wildman–Crippen LogP) is 4.35. The highest BCUT2D eigenvalue weighted by Crippen LogP contribution is 2.44. The van der Waals surface area contributed by atoms with E-state index < -0.39 is 0 Å². The van der Waals surface area contributed by atoms with Gasteiger partial charge >= 0.3 is 0 Å². The third-order valence-corrected chi connectivity index (χ3v) is 4.45. The number of nitrogens with zero attached hydrogens (tertiary/aromatic N) is 1. The van der Waals surface area contributed by atoms with Crippen LogP contribution >= 0.6 is 0 Å². The monoisotopic (exact) mass is 283 g/mol. The van der Waals surface area contributed by atoms with Crippen LogP contribution in [0.4, 0.5) is 0 Å². The van der Waals surface area contributed by atoms with Crippen LogP contribution in [0.15, 0.2) is 48.8 Å². The highest BCUT2D eigenvalue weighted by molar-refractivity contribution is 5.62. The molecule has 0 spiro atoms. The summed E-state index contributed by atoms with van der Waals surface area (Å²) in [6, 6.07) is 12.3. The zero-order chi connectivity index (χ0) is 15.1. The van der Waals surface area contributed by atoms with Crippen LogP contribution in [-0.2, 0) is 9.47 Å². The molecule has 1 aromatic carbocycles. The molecule has 0 saturated carbocycles. The molecule has 0 amide bonds. The average Bonchev–Trinajstić information content (AvgIpc) is 2.69. The van der Waals surface area contributed by atoms with E-state index in [1.54, 1.807) is 12.4 Å². The second kappa shape index (κ2) is 4.93. The Morgan fingerprint density at radius 3 is 1.76 bits per heavy atom. The summed E-state index contributed by atoms with van der Waals surface area (Å²) in [6.07, 6.45) is 3.30. The molecular formula is C18H21NO2.